The number of hydrogen-bond acceptors (Lipinski definition) is 7. The second-order valence-electron chi connectivity index (χ2n) is 6.73. The third-order valence-corrected chi connectivity index (χ3v) is 4.98. The minimum atomic E-state index is 0.528. The van der Waals surface area contributed by atoms with Gasteiger partial charge in [-0.25, -0.2) is 19.9 Å². The van der Waals surface area contributed by atoms with E-state index in [9.17, 15) is 0 Å². The standard InChI is InChI=1S/C18H24N6O/c1-25-18-11-17(21-13-22-18)24(14-3-4-14)15-5-9-23(10-6-15)12-16-19-7-2-8-20-16/h2,7-8,11,13-15H,3-6,9-10,12H2,1H3. The first-order chi connectivity index (χ1) is 12.3. The van der Waals surface area contributed by atoms with Gasteiger partial charge in [0.2, 0.25) is 5.88 Å². The van der Waals surface area contributed by atoms with Gasteiger partial charge >= 0.3 is 0 Å². The number of rotatable bonds is 6. The van der Waals surface area contributed by atoms with E-state index in [4.69, 9.17) is 4.74 Å². The van der Waals surface area contributed by atoms with Crippen LogP contribution in [0.15, 0.2) is 30.9 Å². The van der Waals surface area contributed by atoms with E-state index in [1.165, 1.54) is 12.8 Å². The van der Waals surface area contributed by atoms with Crippen LogP contribution in [0.1, 0.15) is 31.5 Å². The van der Waals surface area contributed by atoms with Crippen LogP contribution >= 0.6 is 0 Å². The topological polar surface area (TPSA) is 67.3 Å². The highest BCUT2D eigenvalue weighted by Crippen LogP contribution is 2.36. The molecule has 4 rings (SSSR count). The van der Waals surface area contributed by atoms with Crippen LogP contribution in [0.5, 0.6) is 5.88 Å². The van der Waals surface area contributed by atoms with Crippen molar-refractivity contribution >= 4 is 5.82 Å². The smallest absolute Gasteiger partial charge is 0.218 e. The lowest BCUT2D eigenvalue weighted by Gasteiger charge is -2.39. The Kier molecular flexibility index (Phi) is 4.74. The number of anilines is 1. The zero-order chi connectivity index (χ0) is 17.1. The summed E-state index contributed by atoms with van der Waals surface area (Å²) in [4.78, 5) is 22.3. The molecule has 0 unspecified atom stereocenters. The molecule has 132 valence electrons. The van der Waals surface area contributed by atoms with Gasteiger partial charge in [-0.2, -0.15) is 0 Å². The predicted molar refractivity (Wildman–Crippen MR) is 94.4 cm³/mol. The van der Waals surface area contributed by atoms with Crippen LogP contribution in [0.2, 0.25) is 0 Å². The number of likely N-dealkylation sites (tertiary alicyclic amines) is 1. The monoisotopic (exact) mass is 340 g/mol. The molecule has 7 heteroatoms. The normalized spacial score (nSPS) is 18.9. The molecule has 2 aromatic heterocycles. The molecule has 1 saturated heterocycles. The average molecular weight is 340 g/mol. The minimum Gasteiger partial charge on any atom is -0.481 e. The summed E-state index contributed by atoms with van der Waals surface area (Å²) in [5.41, 5.74) is 0. The molecule has 0 aromatic carbocycles. The number of piperidine rings is 1. The predicted octanol–water partition coefficient (Wildman–Crippen LogP) is 1.91. The molecule has 25 heavy (non-hydrogen) atoms. The van der Waals surface area contributed by atoms with Crippen molar-refractivity contribution in [1.82, 2.24) is 24.8 Å². The zero-order valence-electron chi connectivity index (χ0n) is 14.6. The highest BCUT2D eigenvalue weighted by molar-refractivity contribution is 5.45. The molecule has 1 aliphatic carbocycles. The summed E-state index contributed by atoms with van der Waals surface area (Å²) in [6.45, 7) is 2.96. The molecule has 0 radical (unpaired) electrons. The Morgan fingerprint density at radius 2 is 1.76 bits per heavy atom. The van der Waals surface area contributed by atoms with Gasteiger partial charge in [-0.15, -0.1) is 0 Å². The van der Waals surface area contributed by atoms with E-state index in [-0.39, 0.29) is 0 Å². The Bertz CT molecular complexity index is 685. The van der Waals surface area contributed by atoms with Crippen molar-refractivity contribution in [2.24, 2.45) is 0 Å². The number of hydrogen-bond donors (Lipinski definition) is 0. The lowest BCUT2D eigenvalue weighted by atomic mass is 10.0. The van der Waals surface area contributed by atoms with Crippen molar-refractivity contribution in [2.75, 3.05) is 25.1 Å². The van der Waals surface area contributed by atoms with E-state index in [1.54, 1.807) is 13.4 Å². The summed E-state index contributed by atoms with van der Waals surface area (Å²) in [6.07, 6.45) is 10.0. The van der Waals surface area contributed by atoms with E-state index in [0.29, 0.717) is 18.0 Å². The minimum absolute atomic E-state index is 0.528. The molecule has 1 saturated carbocycles. The number of nitrogens with zero attached hydrogens (tertiary/aromatic N) is 6. The van der Waals surface area contributed by atoms with E-state index in [2.05, 4.69) is 29.7 Å². The fraction of sp³-hybridized carbons (Fsp3) is 0.556. The van der Waals surface area contributed by atoms with Crippen molar-refractivity contribution in [1.29, 1.82) is 0 Å². The van der Waals surface area contributed by atoms with Crippen molar-refractivity contribution in [2.45, 2.75) is 44.3 Å². The molecular formula is C18H24N6O. The summed E-state index contributed by atoms with van der Waals surface area (Å²) in [7, 11) is 1.65. The molecule has 2 aromatic rings. The van der Waals surface area contributed by atoms with Gasteiger partial charge in [-0.1, -0.05) is 0 Å². The Hall–Kier alpha value is -2.28. The van der Waals surface area contributed by atoms with Crippen LogP contribution in [-0.2, 0) is 6.54 Å². The molecule has 3 heterocycles. The van der Waals surface area contributed by atoms with Crippen molar-refractivity contribution in [3.8, 4) is 5.88 Å². The van der Waals surface area contributed by atoms with E-state index < -0.39 is 0 Å². The summed E-state index contributed by atoms with van der Waals surface area (Å²) in [6, 6.07) is 4.97. The molecule has 7 nitrogen and oxygen atoms in total. The largest absolute Gasteiger partial charge is 0.481 e. The van der Waals surface area contributed by atoms with E-state index in [1.807, 2.05) is 24.5 Å². The maximum atomic E-state index is 5.28. The first-order valence-electron chi connectivity index (χ1n) is 8.96. The first-order valence-corrected chi connectivity index (χ1v) is 8.96. The van der Waals surface area contributed by atoms with E-state index in [0.717, 1.165) is 44.1 Å². The lowest BCUT2D eigenvalue weighted by Crippen LogP contribution is -2.46. The van der Waals surface area contributed by atoms with Gasteiger partial charge in [0.25, 0.3) is 0 Å². The SMILES string of the molecule is COc1cc(N(C2CC2)C2CCN(Cc3ncccn3)CC2)ncn1. The Morgan fingerprint density at radius 1 is 1.04 bits per heavy atom. The summed E-state index contributed by atoms with van der Waals surface area (Å²) < 4.78 is 5.28. The van der Waals surface area contributed by atoms with Crippen LogP contribution < -0.4 is 9.64 Å². The quantitative estimate of drug-likeness (QED) is 0.795. The highest BCUT2D eigenvalue weighted by atomic mass is 16.5. The second-order valence-corrected chi connectivity index (χ2v) is 6.73. The summed E-state index contributed by atoms with van der Waals surface area (Å²) >= 11 is 0. The second kappa shape index (κ2) is 7.31. The van der Waals surface area contributed by atoms with Gasteiger partial charge in [0, 0.05) is 43.6 Å². The fourth-order valence-corrected chi connectivity index (χ4v) is 3.57. The zero-order valence-corrected chi connectivity index (χ0v) is 14.6. The highest BCUT2D eigenvalue weighted by Gasteiger charge is 2.36. The van der Waals surface area contributed by atoms with Gasteiger partial charge in [0.15, 0.2) is 0 Å². The number of ether oxygens (including phenoxy) is 1. The fourth-order valence-electron chi connectivity index (χ4n) is 3.57. The summed E-state index contributed by atoms with van der Waals surface area (Å²) in [5.74, 6) is 2.54. The molecule has 1 aliphatic heterocycles. The van der Waals surface area contributed by atoms with Crippen LogP contribution in [0.3, 0.4) is 0 Å². The molecule has 2 fully saturated rings. The Balaban J connectivity index is 1.41. The van der Waals surface area contributed by atoms with Crippen LogP contribution in [0.25, 0.3) is 0 Å². The van der Waals surface area contributed by atoms with Gasteiger partial charge in [0.05, 0.1) is 13.7 Å². The van der Waals surface area contributed by atoms with Crippen LogP contribution in [0.4, 0.5) is 5.82 Å². The Labute approximate surface area is 148 Å². The third kappa shape index (κ3) is 3.87. The van der Waals surface area contributed by atoms with Gasteiger partial charge in [-0.05, 0) is 31.7 Å². The third-order valence-electron chi connectivity index (χ3n) is 4.98. The lowest BCUT2D eigenvalue weighted by molar-refractivity contribution is 0.196. The average Bonchev–Trinajstić information content (AvgIpc) is 3.49. The molecule has 0 atom stereocenters. The maximum absolute atomic E-state index is 5.28. The van der Waals surface area contributed by atoms with Crippen LogP contribution in [0, 0.1) is 0 Å². The van der Waals surface area contributed by atoms with Crippen LogP contribution in [-0.4, -0.2) is 57.1 Å². The number of aromatic nitrogens is 4. The first kappa shape index (κ1) is 16.2. The molecule has 0 N–H and O–H groups in total. The molecule has 0 amide bonds. The molecular weight excluding hydrogens is 316 g/mol. The molecule has 0 bridgehead atoms. The summed E-state index contributed by atoms with van der Waals surface area (Å²) in [5, 5.41) is 0. The Morgan fingerprint density at radius 3 is 2.44 bits per heavy atom. The van der Waals surface area contributed by atoms with Gasteiger partial charge in [0.1, 0.15) is 18.0 Å². The van der Waals surface area contributed by atoms with Gasteiger partial charge < -0.3 is 9.64 Å². The van der Waals surface area contributed by atoms with Gasteiger partial charge in [-0.3, -0.25) is 4.90 Å². The molecule has 2 aliphatic rings. The van der Waals surface area contributed by atoms with Crippen molar-refractivity contribution in [3.63, 3.8) is 0 Å². The molecule has 0 spiro atoms. The van der Waals surface area contributed by atoms with E-state index >= 15 is 0 Å². The maximum Gasteiger partial charge on any atom is 0.218 e. The van der Waals surface area contributed by atoms with Crippen molar-refractivity contribution in [3.05, 3.63) is 36.7 Å². The number of methoxy groups -OCH3 is 1. The van der Waals surface area contributed by atoms with Crippen molar-refractivity contribution < 1.29 is 4.74 Å².